The molecule has 0 spiro atoms. The Balaban J connectivity index is 1.97. The number of benzene rings is 1. The average Bonchev–Trinajstić information content (AvgIpc) is 2.38. The Hall–Kier alpha value is -1.85. The van der Waals surface area contributed by atoms with Gasteiger partial charge in [-0.25, -0.2) is 0 Å². The van der Waals surface area contributed by atoms with Crippen LogP contribution >= 0.6 is 0 Å². The van der Waals surface area contributed by atoms with Crippen molar-refractivity contribution >= 4 is 10.9 Å². The van der Waals surface area contributed by atoms with Crippen LogP contribution < -0.4 is 0 Å². The van der Waals surface area contributed by atoms with Crippen LogP contribution in [0.25, 0.3) is 10.9 Å². The summed E-state index contributed by atoms with van der Waals surface area (Å²) in [4.78, 5) is 6.70. The highest BCUT2D eigenvalue weighted by molar-refractivity contribution is 5.78. The normalized spacial score (nSPS) is 10.4. The van der Waals surface area contributed by atoms with Crippen LogP contribution in [-0.4, -0.2) is 30.5 Å². The average molecular weight is 238 g/mol. The Labute approximate surface area is 109 Å². The van der Waals surface area contributed by atoms with Gasteiger partial charge in [-0.2, -0.15) is 0 Å². The molecule has 2 aromatic rings. The fourth-order valence-corrected chi connectivity index (χ4v) is 1.74. The van der Waals surface area contributed by atoms with E-state index in [1.54, 1.807) is 0 Å². The van der Waals surface area contributed by atoms with E-state index >= 15 is 0 Å². The van der Waals surface area contributed by atoms with Gasteiger partial charge in [-0.05, 0) is 26.2 Å². The lowest BCUT2D eigenvalue weighted by atomic mass is 10.1. The molecule has 0 unspecified atom stereocenters. The fourth-order valence-electron chi connectivity index (χ4n) is 1.74. The lowest BCUT2D eigenvalue weighted by Gasteiger charge is -2.01. The molecule has 0 aliphatic carbocycles. The van der Waals surface area contributed by atoms with E-state index in [2.05, 4.69) is 46.0 Å². The number of pyridine rings is 1. The molecule has 0 amide bonds. The lowest BCUT2D eigenvalue weighted by Crippen LogP contribution is -2.10. The van der Waals surface area contributed by atoms with Crippen molar-refractivity contribution in [1.82, 2.24) is 9.88 Å². The number of aromatic nitrogens is 1. The van der Waals surface area contributed by atoms with Gasteiger partial charge in [0, 0.05) is 23.9 Å². The summed E-state index contributed by atoms with van der Waals surface area (Å²) >= 11 is 0. The third-order valence-corrected chi connectivity index (χ3v) is 2.68. The first-order valence-electron chi connectivity index (χ1n) is 6.21. The Morgan fingerprint density at radius 2 is 1.89 bits per heavy atom. The number of rotatable bonds is 3. The smallest absolute Gasteiger partial charge is 0.0705 e. The maximum atomic E-state index is 4.63. The number of nitrogens with zero attached hydrogens (tertiary/aromatic N) is 2. The van der Waals surface area contributed by atoms with E-state index in [0.717, 1.165) is 30.6 Å². The SMILES string of the molecule is CN(C)CC#CCCc1ccc2ccccc2n1. The van der Waals surface area contributed by atoms with E-state index in [1.807, 2.05) is 26.2 Å². The van der Waals surface area contributed by atoms with Crippen LogP contribution in [0.2, 0.25) is 0 Å². The Morgan fingerprint density at radius 1 is 1.06 bits per heavy atom. The minimum absolute atomic E-state index is 0.825. The Bertz CT molecular complexity index is 576. The van der Waals surface area contributed by atoms with Crippen molar-refractivity contribution in [3.8, 4) is 11.8 Å². The second-order valence-electron chi connectivity index (χ2n) is 4.59. The molecular weight excluding hydrogens is 220 g/mol. The van der Waals surface area contributed by atoms with Crippen LogP contribution in [0.5, 0.6) is 0 Å². The maximum Gasteiger partial charge on any atom is 0.0705 e. The van der Waals surface area contributed by atoms with Gasteiger partial charge >= 0.3 is 0 Å². The number of hydrogen-bond donors (Lipinski definition) is 0. The molecule has 1 aromatic carbocycles. The molecule has 2 nitrogen and oxygen atoms in total. The van der Waals surface area contributed by atoms with Crippen LogP contribution in [0.3, 0.4) is 0 Å². The molecule has 0 fully saturated rings. The number of hydrogen-bond acceptors (Lipinski definition) is 2. The summed E-state index contributed by atoms with van der Waals surface area (Å²) in [5, 5.41) is 1.19. The van der Waals surface area contributed by atoms with E-state index in [9.17, 15) is 0 Å². The van der Waals surface area contributed by atoms with Crippen molar-refractivity contribution in [3.63, 3.8) is 0 Å². The fraction of sp³-hybridized carbons (Fsp3) is 0.312. The Morgan fingerprint density at radius 3 is 2.72 bits per heavy atom. The van der Waals surface area contributed by atoms with Gasteiger partial charge < -0.3 is 0 Å². The second-order valence-corrected chi connectivity index (χ2v) is 4.59. The summed E-state index contributed by atoms with van der Waals surface area (Å²) in [6.45, 7) is 0.825. The standard InChI is InChI=1S/C16H18N2/c1-18(2)13-7-3-4-9-15-12-11-14-8-5-6-10-16(14)17-15/h5-6,8,10-12H,4,9,13H2,1-2H3. The molecular formula is C16H18N2. The predicted molar refractivity (Wildman–Crippen MR) is 76.4 cm³/mol. The Kier molecular flexibility index (Phi) is 4.33. The largest absolute Gasteiger partial charge is 0.299 e. The predicted octanol–water partition coefficient (Wildman–Crippen LogP) is 2.73. The molecule has 2 heteroatoms. The van der Waals surface area contributed by atoms with Gasteiger partial charge in [-0.1, -0.05) is 30.2 Å². The van der Waals surface area contributed by atoms with Crippen molar-refractivity contribution < 1.29 is 0 Å². The van der Waals surface area contributed by atoms with Crippen molar-refractivity contribution in [2.75, 3.05) is 20.6 Å². The molecule has 0 atom stereocenters. The van der Waals surface area contributed by atoms with E-state index in [0.29, 0.717) is 0 Å². The minimum Gasteiger partial charge on any atom is -0.299 e. The number of para-hydroxylation sites is 1. The molecule has 92 valence electrons. The summed E-state index contributed by atoms with van der Waals surface area (Å²) in [7, 11) is 4.05. The summed E-state index contributed by atoms with van der Waals surface area (Å²) < 4.78 is 0. The van der Waals surface area contributed by atoms with E-state index < -0.39 is 0 Å². The topological polar surface area (TPSA) is 16.1 Å². The first kappa shape index (κ1) is 12.6. The first-order valence-corrected chi connectivity index (χ1v) is 6.21. The van der Waals surface area contributed by atoms with Gasteiger partial charge in [0.25, 0.3) is 0 Å². The summed E-state index contributed by atoms with van der Waals surface area (Å²) in [6.07, 6.45) is 1.80. The molecule has 0 aliphatic rings. The summed E-state index contributed by atoms with van der Waals surface area (Å²) in [5.74, 6) is 6.32. The highest BCUT2D eigenvalue weighted by atomic mass is 15.0. The lowest BCUT2D eigenvalue weighted by molar-refractivity contribution is 0.463. The zero-order chi connectivity index (χ0) is 12.8. The molecule has 2 rings (SSSR count). The third kappa shape index (κ3) is 3.58. The molecule has 18 heavy (non-hydrogen) atoms. The van der Waals surface area contributed by atoms with Crippen LogP contribution in [0.1, 0.15) is 12.1 Å². The van der Waals surface area contributed by atoms with Gasteiger partial charge in [0.15, 0.2) is 0 Å². The molecule has 0 saturated carbocycles. The van der Waals surface area contributed by atoms with Crippen LogP contribution in [-0.2, 0) is 6.42 Å². The molecule has 0 saturated heterocycles. The van der Waals surface area contributed by atoms with Crippen molar-refractivity contribution in [1.29, 1.82) is 0 Å². The highest BCUT2D eigenvalue weighted by Gasteiger charge is 1.96. The minimum atomic E-state index is 0.825. The zero-order valence-corrected chi connectivity index (χ0v) is 11.0. The van der Waals surface area contributed by atoms with Crippen LogP contribution in [0, 0.1) is 11.8 Å². The zero-order valence-electron chi connectivity index (χ0n) is 11.0. The quantitative estimate of drug-likeness (QED) is 0.764. The number of fused-ring (bicyclic) bond motifs is 1. The second kappa shape index (κ2) is 6.18. The summed E-state index contributed by atoms with van der Waals surface area (Å²) in [6, 6.07) is 12.4. The van der Waals surface area contributed by atoms with Crippen molar-refractivity contribution in [3.05, 3.63) is 42.1 Å². The van der Waals surface area contributed by atoms with Gasteiger partial charge in [0.1, 0.15) is 0 Å². The van der Waals surface area contributed by atoms with Gasteiger partial charge in [-0.3, -0.25) is 9.88 Å². The monoisotopic (exact) mass is 238 g/mol. The molecule has 0 radical (unpaired) electrons. The molecule has 1 heterocycles. The highest BCUT2D eigenvalue weighted by Crippen LogP contribution is 2.12. The van der Waals surface area contributed by atoms with Gasteiger partial charge in [0.05, 0.1) is 12.1 Å². The first-order chi connectivity index (χ1) is 8.75. The third-order valence-electron chi connectivity index (χ3n) is 2.68. The molecule has 0 bridgehead atoms. The molecule has 0 aliphatic heterocycles. The summed E-state index contributed by atoms with van der Waals surface area (Å²) in [5.41, 5.74) is 2.18. The van der Waals surface area contributed by atoms with Gasteiger partial charge in [0.2, 0.25) is 0 Å². The van der Waals surface area contributed by atoms with E-state index in [4.69, 9.17) is 0 Å². The molecule has 0 N–H and O–H groups in total. The maximum absolute atomic E-state index is 4.63. The van der Waals surface area contributed by atoms with Crippen LogP contribution in [0.4, 0.5) is 0 Å². The van der Waals surface area contributed by atoms with E-state index in [-0.39, 0.29) is 0 Å². The molecule has 1 aromatic heterocycles. The van der Waals surface area contributed by atoms with Crippen molar-refractivity contribution in [2.45, 2.75) is 12.8 Å². The van der Waals surface area contributed by atoms with Gasteiger partial charge in [-0.15, -0.1) is 5.92 Å². The van der Waals surface area contributed by atoms with E-state index in [1.165, 1.54) is 5.39 Å². The van der Waals surface area contributed by atoms with Crippen molar-refractivity contribution in [2.24, 2.45) is 0 Å². The number of aryl methyl sites for hydroxylation is 1. The van der Waals surface area contributed by atoms with Crippen LogP contribution in [0.15, 0.2) is 36.4 Å².